The molecule has 98 valence electrons. The number of hydrogen-bond acceptors (Lipinski definition) is 2. The molecule has 0 atom stereocenters. The summed E-state index contributed by atoms with van der Waals surface area (Å²) in [5.41, 5.74) is 0.724. The minimum absolute atomic E-state index is 0.193. The molecule has 1 amide bonds. The Kier molecular flexibility index (Phi) is 4.56. The van der Waals surface area contributed by atoms with Crippen LogP contribution in [0.25, 0.3) is 0 Å². The molecule has 1 heterocycles. The Hall–Kier alpha value is -1.58. The Balaban J connectivity index is 1.73. The zero-order valence-electron chi connectivity index (χ0n) is 10.5. The number of rotatable bonds is 4. The summed E-state index contributed by atoms with van der Waals surface area (Å²) in [7, 11) is 0. The van der Waals surface area contributed by atoms with Gasteiger partial charge in [0.1, 0.15) is 5.82 Å². The fourth-order valence-corrected chi connectivity index (χ4v) is 2.21. The lowest BCUT2D eigenvalue weighted by molar-refractivity contribution is -0.131. The van der Waals surface area contributed by atoms with Gasteiger partial charge in [0.05, 0.1) is 0 Å². The first kappa shape index (κ1) is 12.9. The van der Waals surface area contributed by atoms with Gasteiger partial charge in [-0.1, -0.05) is 6.07 Å². The standard InChI is InChI=1S/C14H19FN2O/c15-12-5-4-6-13(11-12)16-8-7-14(18)17-9-2-1-3-10-17/h4-6,11,16H,1-3,7-10H2. The van der Waals surface area contributed by atoms with Crippen LogP contribution >= 0.6 is 0 Å². The minimum Gasteiger partial charge on any atom is -0.384 e. The number of carbonyl (C=O) groups is 1. The maximum atomic E-state index is 12.9. The molecule has 0 radical (unpaired) electrons. The summed E-state index contributed by atoms with van der Waals surface area (Å²) >= 11 is 0. The maximum Gasteiger partial charge on any atom is 0.224 e. The minimum atomic E-state index is -0.262. The predicted molar refractivity (Wildman–Crippen MR) is 69.9 cm³/mol. The van der Waals surface area contributed by atoms with E-state index in [1.165, 1.54) is 18.6 Å². The smallest absolute Gasteiger partial charge is 0.224 e. The zero-order chi connectivity index (χ0) is 12.8. The normalized spacial score (nSPS) is 15.5. The highest BCUT2D eigenvalue weighted by atomic mass is 19.1. The quantitative estimate of drug-likeness (QED) is 0.891. The number of amides is 1. The van der Waals surface area contributed by atoms with Crippen molar-refractivity contribution in [2.45, 2.75) is 25.7 Å². The van der Waals surface area contributed by atoms with Gasteiger partial charge in [0, 0.05) is 31.7 Å². The van der Waals surface area contributed by atoms with Crippen LogP contribution in [0.3, 0.4) is 0 Å². The van der Waals surface area contributed by atoms with E-state index in [-0.39, 0.29) is 11.7 Å². The third kappa shape index (κ3) is 3.72. The lowest BCUT2D eigenvalue weighted by atomic mass is 10.1. The predicted octanol–water partition coefficient (Wildman–Crippen LogP) is 2.64. The second-order valence-electron chi connectivity index (χ2n) is 4.63. The van der Waals surface area contributed by atoms with E-state index in [2.05, 4.69) is 5.32 Å². The monoisotopic (exact) mass is 250 g/mol. The number of hydrogen-bond donors (Lipinski definition) is 1. The SMILES string of the molecule is O=C(CCNc1cccc(F)c1)N1CCCCC1. The summed E-state index contributed by atoms with van der Waals surface area (Å²) in [6.07, 6.45) is 3.92. The molecule has 4 heteroatoms. The molecule has 1 aliphatic rings. The van der Waals surface area contributed by atoms with E-state index in [1.54, 1.807) is 12.1 Å². The van der Waals surface area contributed by atoms with E-state index in [0.29, 0.717) is 13.0 Å². The highest BCUT2D eigenvalue weighted by Crippen LogP contribution is 2.11. The average molecular weight is 250 g/mol. The number of carbonyl (C=O) groups excluding carboxylic acids is 1. The molecule has 0 saturated carbocycles. The van der Waals surface area contributed by atoms with Gasteiger partial charge in [-0.3, -0.25) is 4.79 Å². The summed E-state index contributed by atoms with van der Waals surface area (Å²) in [4.78, 5) is 13.8. The fourth-order valence-electron chi connectivity index (χ4n) is 2.21. The molecule has 1 aliphatic heterocycles. The first-order valence-corrected chi connectivity index (χ1v) is 6.53. The van der Waals surface area contributed by atoms with Crippen molar-refractivity contribution in [3.8, 4) is 0 Å². The van der Waals surface area contributed by atoms with Crippen molar-refractivity contribution in [3.63, 3.8) is 0 Å². The molecule has 1 N–H and O–H groups in total. The Morgan fingerprint density at radius 3 is 2.78 bits per heavy atom. The molecule has 0 aliphatic carbocycles. The number of anilines is 1. The molecular formula is C14H19FN2O. The van der Waals surface area contributed by atoms with Crippen LogP contribution in [0.1, 0.15) is 25.7 Å². The van der Waals surface area contributed by atoms with E-state index < -0.39 is 0 Å². The highest BCUT2D eigenvalue weighted by Gasteiger charge is 2.15. The first-order valence-electron chi connectivity index (χ1n) is 6.53. The van der Waals surface area contributed by atoms with Crippen molar-refractivity contribution in [2.24, 2.45) is 0 Å². The molecule has 1 fully saturated rings. The summed E-state index contributed by atoms with van der Waals surface area (Å²) in [5, 5.41) is 3.07. The molecule has 0 aromatic heterocycles. The van der Waals surface area contributed by atoms with Gasteiger partial charge in [-0.2, -0.15) is 0 Å². The van der Waals surface area contributed by atoms with Crippen LogP contribution in [0.5, 0.6) is 0 Å². The van der Waals surface area contributed by atoms with Gasteiger partial charge >= 0.3 is 0 Å². The Morgan fingerprint density at radius 1 is 1.28 bits per heavy atom. The molecule has 1 saturated heterocycles. The van der Waals surface area contributed by atoms with Crippen molar-refractivity contribution < 1.29 is 9.18 Å². The van der Waals surface area contributed by atoms with E-state index in [1.807, 2.05) is 4.90 Å². The van der Waals surface area contributed by atoms with Crippen molar-refractivity contribution in [1.82, 2.24) is 4.90 Å². The average Bonchev–Trinajstić information content (AvgIpc) is 2.40. The molecular weight excluding hydrogens is 231 g/mol. The van der Waals surface area contributed by atoms with Gasteiger partial charge in [-0.15, -0.1) is 0 Å². The summed E-state index contributed by atoms with van der Waals surface area (Å²) in [5.74, 6) is -0.0686. The number of nitrogens with one attached hydrogen (secondary N) is 1. The number of piperidine rings is 1. The largest absolute Gasteiger partial charge is 0.384 e. The van der Waals surface area contributed by atoms with E-state index in [9.17, 15) is 9.18 Å². The second kappa shape index (κ2) is 6.38. The molecule has 1 aromatic rings. The number of halogens is 1. The number of benzene rings is 1. The van der Waals surface area contributed by atoms with E-state index in [0.717, 1.165) is 31.6 Å². The van der Waals surface area contributed by atoms with Crippen LogP contribution < -0.4 is 5.32 Å². The Bertz CT molecular complexity index is 403. The van der Waals surface area contributed by atoms with Gasteiger partial charge in [-0.25, -0.2) is 4.39 Å². The Labute approximate surface area is 107 Å². The molecule has 0 bridgehead atoms. The van der Waals surface area contributed by atoms with Crippen LogP contribution in [0.15, 0.2) is 24.3 Å². The van der Waals surface area contributed by atoms with Crippen molar-refractivity contribution in [2.75, 3.05) is 25.0 Å². The van der Waals surface area contributed by atoms with Gasteiger partial charge in [0.25, 0.3) is 0 Å². The van der Waals surface area contributed by atoms with Gasteiger partial charge in [0.2, 0.25) is 5.91 Å². The number of likely N-dealkylation sites (tertiary alicyclic amines) is 1. The van der Waals surface area contributed by atoms with Crippen LogP contribution in [0.4, 0.5) is 10.1 Å². The van der Waals surface area contributed by atoms with Gasteiger partial charge in [0.15, 0.2) is 0 Å². The lowest BCUT2D eigenvalue weighted by Crippen LogP contribution is -2.36. The highest BCUT2D eigenvalue weighted by molar-refractivity contribution is 5.76. The van der Waals surface area contributed by atoms with Crippen molar-refractivity contribution in [1.29, 1.82) is 0 Å². The van der Waals surface area contributed by atoms with Crippen LogP contribution in [-0.2, 0) is 4.79 Å². The molecule has 18 heavy (non-hydrogen) atoms. The third-order valence-electron chi connectivity index (χ3n) is 3.20. The molecule has 3 nitrogen and oxygen atoms in total. The number of nitrogens with zero attached hydrogens (tertiary/aromatic N) is 1. The third-order valence-corrected chi connectivity index (χ3v) is 3.20. The topological polar surface area (TPSA) is 32.3 Å². The molecule has 0 unspecified atom stereocenters. The molecule has 0 spiro atoms. The summed E-state index contributed by atoms with van der Waals surface area (Å²) < 4.78 is 12.9. The van der Waals surface area contributed by atoms with Gasteiger partial charge in [-0.05, 0) is 37.5 Å². The second-order valence-corrected chi connectivity index (χ2v) is 4.63. The summed E-state index contributed by atoms with van der Waals surface area (Å²) in [6.45, 7) is 2.33. The molecule has 2 rings (SSSR count). The van der Waals surface area contributed by atoms with Crippen LogP contribution in [0.2, 0.25) is 0 Å². The lowest BCUT2D eigenvalue weighted by Gasteiger charge is -2.26. The zero-order valence-corrected chi connectivity index (χ0v) is 10.5. The van der Waals surface area contributed by atoms with Gasteiger partial charge < -0.3 is 10.2 Å². The first-order chi connectivity index (χ1) is 8.75. The Morgan fingerprint density at radius 2 is 2.06 bits per heavy atom. The van der Waals surface area contributed by atoms with E-state index in [4.69, 9.17) is 0 Å². The van der Waals surface area contributed by atoms with E-state index >= 15 is 0 Å². The van der Waals surface area contributed by atoms with Crippen LogP contribution in [-0.4, -0.2) is 30.4 Å². The molecule has 1 aromatic carbocycles. The fraction of sp³-hybridized carbons (Fsp3) is 0.500. The maximum absolute atomic E-state index is 12.9. The van der Waals surface area contributed by atoms with Crippen molar-refractivity contribution >= 4 is 11.6 Å². The van der Waals surface area contributed by atoms with Crippen LogP contribution in [0, 0.1) is 5.82 Å². The summed E-state index contributed by atoms with van der Waals surface area (Å²) in [6, 6.07) is 6.30. The van der Waals surface area contributed by atoms with Crippen molar-refractivity contribution in [3.05, 3.63) is 30.1 Å².